The number of nitrogens with zero attached hydrogens (tertiary/aromatic N) is 3. The molecule has 0 unspecified atom stereocenters. The van der Waals surface area contributed by atoms with E-state index in [1.54, 1.807) is 18.2 Å². The van der Waals surface area contributed by atoms with E-state index in [1.807, 2.05) is 25.5 Å². The molecule has 1 aromatic heterocycles. The fourth-order valence-electron chi connectivity index (χ4n) is 4.29. The summed E-state index contributed by atoms with van der Waals surface area (Å²) in [4.78, 5) is 17.2. The zero-order valence-corrected chi connectivity index (χ0v) is 19.2. The van der Waals surface area contributed by atoms with Gasteiger partial charge in [-0.25, -0.2) is 13.4 Å². The Bertz CT molecular complexity index is 974. The lowest BCUT2D eigenvalue weighted by Gasteiger charge is -2.21. The number of nitrogens with one attached hydrogen (secondary N) is 1. The van der Waals surface area contributed by atoms with Crippen LogP contribution in [0.25, 0.3) is 11.0 Å². The van der Waals surface area contributed by atoms with Gasteiger partial charge in [0, 0.05) is 39.5 Å². The van der Waals surface area contributed by atoms with Gasteiger partial charge in [0.2, 0.25) is 15.9 Å². The Kier molecular flexibility index (Phi) is 7.52. The van der Waals surface area contributed by atoms with E-state index in [0.717, 1.165) is 17.9 Å². The third-order valence-electron chi connectivity index (χ3n) is 6.18. The summed E-state index contributed by atoms with van der Waals surface area (Å²) in [5.74, 6) is 1.46. The maximum Gasteiger partial charge on any atom is 0.243 e. The van der Waals surface area contributed by atoms with Gasteiger partial charge < -0.3 is 9.88 Å². The fraction of sp³-hybridized carbons (Fsp3) is 0.636. The number of carbonyl (C=O) groups excluding carboxylic acids is 1. The summed E-state index contributed by atoms with van der Waals surface area (Å²) < 4.78 is 29.0. The van der Waals surface area contributed by atoms with Crippen LogP contribution in [0, 0.1) is 5.92 Å². The van der Waals surface area contributed by atoms with Crippen molar-refractivity contribution in [2.45, 2.75) is 63.7 Å². The van der Waals surface area contributed by atoms with E-state index in [-0.39, 0.29) is 10.8 Å². The largest absolute Gasteiger partial charge is 0.356 e. The second kappa shape index (κ2) is 9.92. The first-order chi connectivity index (χ1) is 14.4. The average molecular weight is 435 g/mol. The molecule has 0 radical (unpaired) electrons. The Hall–Kier alpha value is -1.93. The van der Waals surface area contributed by atoms with E-state index in [2.05, 4.69) is 10.3 Å². The van der Waals surface area contributed by atoms with Crippen LogP contribution in [0.5, 0.6) is 0 Å². The molecule has 3 rings (SSSR count). The Balaban J connectivity index is 1.66. The zero-order chi connectivity index (χ0) is 21.7. The van der Waals surface area contributed by atoms with E-state index in [4.69, 9.17) is 0 Å². The lowest BCUT2D eigenvalue weighted by molar-refractivity contribution is -0.121. The van der Waals surface area contributed by atoms with Crippen molar-refractivity contribution in [2.75, 3.05) is 19.6 Å². The first-order valence-electron chi connectivity index (χ1n) is 11.1. The third kappa shape index (κ3) is 5.03. The minimum absolute atomic E-state index is 0.0532. The number of hydrogen-bond acceptors (Lipinski definition) is 4. The van der Waals surface area contributed by atoms with Crippen molar-refractivity contribution in [3.05, 3.63) is 24.0 Å². The number of amides is 1. The summed E-state index contributed by atoms with van der Waals surface area (Å²) in [6.45, 7) is 5.30. The molecule has 0 bridgehead atoms. The van der Waals surface area contributed by atoms with Gasteiger partial charge in [0.15, 0.2) is 0 Å². The predicted octanol–water partition coefficient (Wildman–Crippen LogP) is 3.23. The van der Waals surface area contributed by atoms with Gasteiger partial charge in [-0.15, -0.1) is 0 Å². The molecule has 1 aliphatic carbocycles. The average Bonchev–Trinajstić information content (AvgIpc) is 3.07. The summed E-state index contributed by atoms with van der Waals surface area (Å²) in [5, 5.41) is 3.07. The van der Waals surface area contributed by atoms with Gasteiger partial charge >= 0.3 is 0 Å². The molecule has 0 atom stereocenters. The Morgan fingerprint density at radius 3 is 2.57 bits per heavy atom. The van der Waals surface area contributed by atoms with Gasteiger partial charge in [0.05, 0.1) is 15.9 Å². The van der Waals surface area contributed by atoms with Crippen molar-refractivity contribution >= 4 is 27.0 Å². The molecule has 2 aromatic rings. The van der Waals surface area contributed by atoms with Gasteiger partial charge in [-0.2, -0.15) is 4.31 Å². The summed E-state index contributed by atoms with van der Waals surface area (Å²) in [6, 6.07) is 5.07. The molecule has 166 valence electrons. The van der Waals surface area contributed by atoms with Gasteiger partial charge in [-0.05, 0) is 37.0 Å². The fourth-order valence-corrected chi connectivity index (χ4v) is 5.77. The molecular formula is C22H34N4O3S. The summed E-state index contributed by atoms with van der Waals surface area (Å²) >= 11 is 0. The third-order valence-corrected chi connectivity index (χ3v) is 8.22. The lowest BCUT2D eigenvalue weighted by atomic mass is 9.89. The lowest BCUT2D eigenvalue weighted by Crippen LogP contribution is -2.30. The molecule has 1 fully saturated rings. The van der Waals surface area contributed by atoms with Gasteiger partial charge in [-0.3, -0.25) is 4.79 Å². The van der Waals surface area contributed by atoms with Crippen molar-refractivity contribution in [1.82, 2.24) is 19.2 Å². The number of fused-ring (bicyclic) bond motifs is 1. The highest BCUT2D eigenvalue weighted by atomic mass is 32.2. The monoisotopic (exact) mass is 434 g/mol. The molecule has 30 heavy (non-hydrogen) atoms. The van der Waals surface area contributed by atoms with Gasteiger partial charge in [0.1, 0.15) is 5.82 Å². The normalized spacial score (nSPS) is 15.7. The molecule has 1 amide bonds. The molecule has 1 heterocycles. The smallest absolute Gasteiger partial charge is 0.243 e. The Morgan fingerprint density at radius 2 is 1.90 bits per heavy atom. The van der Waals surface area contributed by atoms with E-state index in [9.17, 15) is 13.2 Å². The highest BCUT2D eigenvalue weighted by molar-refractivity contribution is 7.89. The van der Waals surface area contributed by atoms with Crippen molar-refractivity contribution in [3.63, 3.8) is 0 Å². The van der Waals surface area contributed by atoms with E-state index in [1.165, 1.54) is 36.4 Å². The number of aromatic nitrogens is 2. The second-order valence-electron chi connectivity index (χ2n) is 8.14. The highest BCUT2D eigenvalue weighted by Gasteiger charge is 2.23. The molecule has 1 saturated carbocycles. The first-order valence-corrected chi connectivity index (χ1v) is 12.5. The molecule has 0 saturated heterocycles. The summed E-state index contributed by atoms with van der Waals surface area (Å²) in [7, 11) is -1.61. The van der Waals surface area contributed by atoms with Crippen molar-refractivity contribution in [1.29, 1.82) is 0 Å². The number of sulfonamides is 1. The van der Waals surface area contributed by atoms with Crippen LogP contribution in [0.1, 0.15) is 58.2 Å². The topological polar surface area (TPSA) is 84.3 Å². The zero-order valence-electron chi connectivity index (χ0n) is 18.4. The molecule has 1 aromatic carbocycles. The highest BCUT2D eigenvalue weighted by Crippen LogP contribution is 2.24. The van der Waals surface area contributed by atoms with Crippen LogP contribution in [0.15, 0.2) is 23.1 Å². The minimum atomic E-state index is -3.52. The SMILES string of the molecule is CCN(CC)S(=O)(=O)c1ccc2c(c1)nc(CCC(=O)NCC1CCCCC1)n2C. The van der Waals surface area contributed by atoms with E-state index >= 15 is 0 Å². The number of aryl methyl sites for hydroxylation is 2. The molecule has 0 aliphatic heterocycles. The van der Waals surface area contributed by atoms with Crippen LogP contribution in [0.2, 0.25) is 0 Å². The number of hydrogen-bond donors (Lipinski definition) is 1. The molecule has 8 heteroatoms. The van der Waals surface area contributed by atoms with Crippen LogP contribution in [-0.4, -0.2) is 47.8 Å². The van der Waals surface area contributed by atoms with E-state index in [0.29, 0.717) is 37.4 Å². The number of imidazole rings is 1. The maximum atomic E-state index is 12.8. The predicted molar refractivity (Wildman–Crippen MR) is 119 cm³/mol. The summed E-state index contributed by atoms with van der Waals surface area (Å²) in [6.07, 6.45) is 7.19. The van der Waals surface area contributed by atoms with Crippen LogP contribution >= 0.6 is 0 Å². The van der Waals surface area contributed by atoms with Crippen LogP contribution in [0.3, 0.4) is 0 Å². The Morgan fingerprint density at radius 1 is 1.20 bits per heavy atom. The summed E-state index contributed by atoms with van der Waals surface area (Å²) in [5.41, 5.74) is 1.51. The maximum absolute atomic E-state index is 12.8. The van der Waals surface area contributed by atoms with Crippen LogP contribution < -0.4 is 5.32 Å². The van der Waals surface area contributed by atoms with E-state index < -0.39 is 10.0 Å². The van der Waals surface area contributed by atoms with Crippen LogP contribution in [-0.2, 0) is 28.3 Å². The number of rotatable bonds is 9. The van der Waals surface area contributed by atoms with Crippen molar-refractivity contribution in [2.24, 2.45) is 13.0 Å². The Labute approximate surface area is 179 Å². The molecular weight excluding hydrogens is 400 g/mol. The molecule has 0 spiro atoms. The van der Waals surface area contributed by atoms with Crippen LogP contribution in [0.4, 0.5) is 0 Å². The quantitative estimate of drug-likeness (QED) is 0.657. The standard InChI is InChI=1S/C22H34N4O3S/c1-4-26(5-2)30(28,29)18-11-12-20-19(15-18)24-21(25(20)3)13-14-22(27)23-16-17-9-7-6-8-10-17/h11-12,15,17H,4-10,13-14,16H2,1-3H3,(H,23,27). The molecule has 1 N–H and O–H groups in total. The van der Waals surface area contributed by atoms with Crippen molar-refractivity contribution in [3.8, 4) is 0 Å². The minimum Gasteiger partial charge on any atom is -0.356 e. The first kappa shape index (κ1) is 22.7. The van der Waals surface area contributed by atoms with Gasteiger partial charge in [-0.1, -0.05) is 33.1 Å². The number of benzene rings is 1. The van der Waals surface area contributed by atoms with Crippen molar-refractivity contribution < 1.29 is 13.2 Å². The second-order valence-corrected chi connectivity index (χ2v) is 10.1. The molecule has 1 aliphatic rings. The molecule has 7 nitrogen and oxygen atoms in total. The number of carbonyl (C=O) groups is 1. The van der Waals surface area contributed by atoms with Gasteiger partial charge in [0.25, 0.3) is 0 Å².